The maximum atomic E-state index is 12.4. The SMILES string of the molecule is COC(=O)CN(C(=O)CCn1c(=O)oc2ccccc21)C(C)C. The lowest BCUT2D eigenvalue weighted by molar-refractivity contribution is -0.148. The Kier molecular flexibility index (Phi) is 5.20. The lowest BCUT2D eigenvalue weighted by Crippen LogP contribution is -2.41. The van der Waals surface area contributed by atoms with Crippen LogP contribution in [0.4, 0.5) is 0 Å². The molecule has 124 valence electrons. The fraction of sp³-hybridized carbons (Fsp3) is 0.438. The van der Waals surface area contributed by atoms with E-state index < -0.39 is 11.7 Å². The van der Waals surface area contributed by atoms with Crippen LogP contribution in [0.1, 0.15) is 20.3 Å². The number of esters is 1. The number of benzene rings is 1. The van der Waals surface area contributed by atoms with Gasteiger partial charge in [-0.05, 0) is 26.0 Å². The summed E-state index contributed by atoms with van der Waals surface area (Å²) in [5.41, 5.74) is 1.13. The van der Waals surface area contributed by atoms with E-state index in [0.29, 0.717) is 11.1 Å². The molecule has 1 heterocycles. The monoisotopic (exact) mass is 320 g/mol. The van der Waals surface area contributed by atoms with Crippen molar-refractivity contribution in [1.29, 1.82) is 0 Å². The molecule has 7 heteroatoms. The maximum Gasteiger partial charge on any atom is 0.419 e. The number of methoxy groups -OCH3 is 1. The Morgan fingerprint density at radius 3 is 2.65 bits per heavy atom. The number of aromatic nitrogens is 1. The molecule has 1 amide bonds. The molecule has 1 aromatic carbocycles. The van der Waals surface area contributed by atoms with E-state index in [4.69, 9.17) is 4.42 Å². The third-order valence-electron chi connectivity index (χ3n) is 3.59. The molecule has 0 fully saturated rings. The first-order chi connectivity index (χ1) is 10.9. The fourth-order valence-corrected chi connectivity index (χ4v) is 2.34. The van der Waals surface area contributed by atoms with E-state index in [-0.39, 0.29) is 31.5 Å². The molecule has 0 radical (unpaired) electrons. The summed E-state index contributed by atoms with van der Waals surface area (Å²) in [6.07, 6.45) is 0.0958. The van der Waals surface area contributed by atoms with Gasteiger partial charge in [-0.2, -0.15) is 0 Å². The van der Waals surface area contributed by atoms with Crippen molar-refractivity contribution in [2.45, 2.75) is 32.9 Å². The van der Waals surface area contributed by atoms with E-state index in [9.17, 15) is 14.4 Å². The normalized spacial score (nSPS) is 11.0. The second-order valence-electron chi connectivity index (χ2n) is 5.43. The third kappa shape index (κ3) is 3.80. The van der Waals surface area contributed by atoms with Gasteiger partial charge in [0.1, 0.15) is 6.54 Å². The van der Waals surface area contributed by atoms with E-state index in [1.54, 1.807) is 24.3 Å². The number of aryl methyl sites for hydroxylation is 1. The molecule has 0 saturated carbocycles. The van der Waals surface area contributed by atoms with E-state index in [1.165, 1.54) is 16.6 Å². The summed E-state index contributed by atoms with van der Waals surface area (Å²) in [7, 11) is 1.28. The molecule has 0 spiro atoms. The molecular formula is C16H20N2O5. The predicted octanol–water partition coefficient (Wildman–Crippen LogP) is 1.39. The first-order valence-electron chi connectivity index (χ1n) is 7.38. The van der Waals surface area contributed by atoms with Crippen LogP contribution in [0.5, 0.6) is 0 Å². The molecular weight excluding hydrogens is 300 g/mol. The van der Waals surface area contributed by atoms with Gasteiger partial charge >= 0.3 is 11.7 Å². The Bertz CT molecular complexity index is 759. The summed E-state index contributed by atoms with van der Waals surface area (Å²) in [4.78, 5) is 37.1. The number of hydrogen-bond acceptors (Lipinski definition) is 5. The topological polar surface area (TPSA) is 81.8 Å². The zero-order chi connectivity index (χ0) is 17.0. The van der Waals surface area contributed by atoms with Crippen molar-refractivity contribution in [2.24, 2.45) is 0 Å². The van der Waals surface area contributed by atoms with Crippen LogP contribution in [-0.2, 0) is 20.9 Å². The highest BCUT2D eigenvalue weighted by Gasteiger charge is 2.21. The van der Waals surface area contributed by atoms with Crippen LogP contribution in [0.3, 0.4) is 0 Å². The van der Waals surface area contributed by atoms with Crippen LogP contribution in [-0.4, -0.2) is 41.0 Å². The fourth-order valence-electron chi connectivity index (χ4n) is 2.34. The molecule has 0 aliphatic rings. The number of fused-ring (bicyclic) bond motifs is 1. The Hall–Kier alpha value is -2.57. The average Bonchev–Trinajstić information content (AvgIpc) is 2.85. The van der Waals surface area contributed by atoms with E-state index in [1.807, 2.05) is 13.8 Å². The zero-order valence-corrected chi connectivity index (χ0v) is 13.4. The second-order valence-corrected chi connectivity index (χ2v) is 5.43. The lowest BCUT2D eigenvalue weighted by Gasteiger charge is -2.25. The molecule has 23 heavy (non-hydrogen) atoms. The minimum atomic E-state index is -0.497. The second kappa shape index (κ2) is 7.13. The smallest absolute Gasteiger partial charge is 0.419 e. The van der Waals surface area contributed by atoms with Crippen molar-refractivity contribution in [3.8, 4) is 0 Å². The van der Waals surface area contributed by atoms with Gasteiger partial charge in [-0.1, -0.05) is 12.1 Å². The molecule has 1 aromatic heterocycles. The number of rotatable bonds is 6. The highest BCUT2D eigenvalue weighted by Crippen LogP contribution is 2.12. The van der Waals surface area contributed by atoms with Gasteiger partial charge in [-0.15, -0.1) is 0 Å². The molecule has 2 aromatic rings. The van der Waals surface area contributed by atoms with Gasteiger partial charge in [0.05, 0.1) is 12.6 Å². The summed E-state index contributed by atoms with van der Waals surface area (Å²) in [5.74, 6) is -1.19. The lowest BCUT2D eigenvalue weighted by atomic mass is 10.2. The number of carbonyl (C=O) groups is 2. The molecule has 0 saturated heterocycles. The van der Waals surface area contributed by atoms with Gasteiger partial charge in [0.2, 0.25) is 5.91 Å². The van der Waals surface area contributed by atoms with Gasteiger partial charge in [0, 0.05) is 19.0 Å². The first-order valence-corrected chi connectivity index (χ1v) is 7.38. The van der Waals surface area contributed by atoms with Crippen molar-refractivity contribution < 1.29 is 18.7 Å². The summed E-state index contributed by atoms with van der Waals surface area (Å²) in [6, 6.07) is 6.90. The summed E-state index contributed by atoms with van der Waals surface area (Å²) in [6.45, 7) is 3.73. The quantitative estimate of drug-likeness (QED) is 0.751. The number of amides is 1. The minimum Gasteiger partial charge on any atom is -0.468 e. The van der Waals surface area contributed by atoms with Gasteiger partial charge in [-0.25, -0.2) is 4.79 Å². The Morgan fingerprint density at radius 1 is 1.30 bits per heavy atom. The van der Waals surface area contributed by atoms with Crippen molar-refractivity contribution in [1.82, 2.24) is 9.47 Å². The Balaban J connectivity index is 2.11. The number of nitrogens with zero attached hydrogens (tertiary/aromatic N) is 2. The first kappa shape index (κ1) is 16.8. The molecule has 0 aliphatic heterocycles. The minimum absolute atomic E-state index is 0.0958. The molecule has 0 aliphatic carbocycles. The number of hydrogen-bond donors (Lipinski definition) is 0. The van der Waals surface area contributed by atoms with Crippen molar-refractivity contribution in [2.75, 3.05) is 13.7 Å². The average molecular weight is 320 g/mol. The zero-order valence-electron chi connectivity index (χ0n) is 13.4. The van der Waals surface area contributed by atoms with Crippen LogP contribution >= 0.6 is 0 Å². The van der Waals surface area contributed by atoms with Gasteiger partial charge in [0.15, 0.2) is 5.58 Å². The van der Waals surface area contributed by atoms with E-state index >= 15 is 0 Å². The van der Waals surface area contributed by atoms with Crippen LogP contribution in [0.2, 0.25) is 0 Å². The van der Waals surface area contributed by atoms with Gasteiger partial charge < -0.3 is 14.1 Å². The molecule has 0 atom stereocenters. The maximum absolute atomic E-state index is 12.4. The number of para-hydroxylation sites is 2. The van der Waals surface area contributed by atoms with Crippen LogP contribution < -0.4 is 5.76 Å². The number of carbonyl (C=O) groups excluding carboxylic acids is 2. The van der Waals surface area contributed by atoms with Gasteiger partial charge in [0.25, 0.3) is 0 Å². The molecule has 7 nitrogen and oxygen atoms in total. The largest absolute Gasteiger partial charge is 0.468 e. The standard InChI is InChI=1S/C16H20N2O5/c1-11(2)18(10-15(20)22-3)14(19)8-9-17-12-6-4-5-7-13(12)23-16(17)21/h4-7,11H,8-10H2,1-3H3. The number of oxazole rings is 1. The molecule has 0 N–H and O–H groups in total. The highest BCUT2D eigenvalue weighted by atomic mass is 16.5. The molecule has 2 rings (SSSR count). The van der Waals surface area contributed by atoms with Crippen molar-refractivity contribution >= 4 is 23.0 Å². The molecule has 0 unspecified atom stereocenters. The van der Waals surface area contributed by atoms with Gasteiger partial charge in [-0.3, -0.25) is 14.2 Å². The summed E-state index contributed by atoms with van der Waals surface area (Å²) < 4.78 is 11.2. The van der Waals surface area contributed by atoms with E-state index in [0.717, 1.165) is 0 Å². The van der Waals surface area contributed by atoms with E-state index in [2.05, 4.69) is 4.74 Å². The van der Waals surface area contributed by atoms with Crippen LogP contribution in [0, 0.1) is 0 Å². The van der Waals surface area contributed by atoms with Crippen molar-refractivity contribution in [3.05, 3.63) is 34.8 Å². The Morgan fingerprint density at radius 2 is 2.00 bits per heavy atom. The van der Waals surface area contributed by atoms with Crippen LogP contribution in [0.15, 0.2) is 33.5 Å². The molecule has 0 bridgehead atoms. The number of ether oxygens (including phenoxy) is 1. The third-order valence-corrected chi connectivity index (χ3v) is 3.59. The van der Waals surface area contributed by atoms with Crippen LogP contribution in [0.25, 0.3) is 11.1 Å². The Labute approximate surface area is 133 Å². The van der Waals surface area contributed by atoms with Crippen molar-refractivity contribution in [3.63, 3.8) is 0 Å². The summed E-state index contributed by atoms with van der Waals surface area (Å²) in [5, 5.41) is 0. The highest BCUT2D eigenvalue weighted by molar-refractivity contribution is 5.82. The summed E-state index contributed by atoms with van der Waals surface area (Å²) >= 11 is 0. The predicted molar refractivity (Wildman–Crippen MR) is 84.0 cm³/mol.